The molecule has 4 aromatic rings. The third-order valence-corrected chi connectivity index (χ3v) is 6.42. The van der Waals surface area contributed by atoms with Gasteiger partial charge in [0.15, 0.2) is 22.4 Å². The summed E-state index contributed by atoms with van der Waals surface area (Å²) in [6, 6.07) is 9.70. The normalized spacial score (nSPS) is 15.2. The highest BCUT2D eigenvalue weighted by Gasteiger charge is 2.29. The number of fused-ring (bicyclic) bond motifs is 2. The van der Waals surface area contributed by atoms with E-state index < -0.39 is 23.6 Å². The van der Waals surface area contributed by atoms with Crippen molar-refractivity contribution in [2.75, 3.05) is 11.1 Å². The van der Waals surface area contributed by atoms with Crippen molar-refractivity contribution in [3.8, 4) is 5.69 Å². The Morgan fingerprint density at radius 2 is 1.97 bits per heavy atom. The molecule has 2 aromatic heterocycles. The Hall–Kier alpha value is -3.24. The molecular formula is C21H14ClF2N5O2S. The van der Waals surface area contributed by atoms with Crippen LogP contribution in [0.3, 0.4) is 0 Å². The van der Waals surface area contributed by atoms with E-state index in [0.717, 1.165) is 12.1 Å². The summed E-state index contributed by atoms with van der Waals surface area (Å²) in [5.41, 5.74) is 0.987. The number of hydrogen-bond donors (Lipinski definition) is 1. The number of anilines is 1. The van der Waals surface area contributed by atoms with Crippen molar-refractivity contribution in [2.24, 2.45) is 0 Å². The molecule has 0 aliphatic carbocycles. The maximum atomic E-state index is 13.4. The maximum absolute atomic E-state index is 13.4. The van der Waals surface area contributed by atoms with Crippen LogP contribution in [0.15, 0.2) is 58.6 Å². The minimum atomic E-state index is -1.05. The van der Waals surface area contributed by atoms with E-state index in [1.807, 2.05) is 0 Å². The van der Waals surface area contributed by atoms with Gasteiger partial charge in [0.05, 0.1) is 17.9 Å². The van der Waals surface area contributed by atoms with Crippen molar-refractivity contribution in [1.29, 1.82) is 0 Å². The van der Waals surface area contributed by atoms with Crippen LogP contribution in [-0.4, -0.2) is 31.0 Å². The number of amides is 1. The first-order valence-electron chi connectivity index (χ1n) is 9.54. The van der Waals surface area contributed by atoms with Gasteiger partial charge in [-0.15, -0.1) is 0 Å². The molecule has 2 aromatic carbocycles. The number of carbonyl (C=O) groups excluding carboxylic acids is 1. The number of carbonyl (C=O) groups is 1. The van der Waals surface area contributed by atoms with Gasteiger partial charge in [-0.3, -0.25) is 14.2 Å². The number of halogens is 3. The van der Waals surface area contributed by atoms with Crippen molar-refractivity contribution in [3.05, 3.63) is 75.7 Å². The van der Waals surface area contributed by atoms with E-state index in [1.165, 1.54) is 28.6 Å². The van der Waals surface area contributed by atoms with Gasteiger partial charge in [0.2, 0.25) is 5.91 Å². The lowest BCUT2D eigenvalue weighted by Gasteiger charge is -2.13. The van der Waals surface area contributed by atoms with Gasteiger partial charge < -0.3 is 5.32 Å². The fourth-order valence-electron chi connectivity index (χ4n) is 3.55. The molecule has 32 heavy (non-hydrogen) atoms. The largest absolute Gasteiger partial charge is 0.326 e. The molecule has 5 rings (SSSR count). The third kappa shape index (κ3) is 3.65. The lowest BCUT2D eigenvalue weighted by Crippen LogP contribution is -2.27. The van der Waals surface area contributed by atoms with Crippen molar-refractivity contribution < 1.29 is 13.6 Å². The van der Waals surface area contributed by atoms with E-state index in [9.17, 15) is 18.4 Å². The molecular weight excluding hydrogens is 460 g/mol. The summed E-state index contributed by atoms with van der Waals surface area (Å²) in [5.74, 6) is -1.98. The van der Waals surface area contributed by atoms with Crippen LogP contribution in [0, 0.1) is 11.6 Å². The smallest absolute Gasteiger partial charge is 0.265 e. The summed E-state index contributed by atoms with van der Waals surface area (Å²) in [5, 5.41) is 8.24. The number of nitrogens with one attached hydrogen (secondary N) is 1. The molecule has 0 saturated heterocycles. The number of thioether (sulfide) groups is 1. The van der Waals surface area contributed by atoms with E-state index in [1.54, 1.807) is 28.9 Å². The standard InChI is InChI=1S/C21H14ClF2N5O2S/c22-11-1-4-13(5-2-11)29-19-15(9-25-29)20(31)28-14(10-32-21(28)27-19)8-18(30)26-12-3-6-16(23)17(24)7-12/h1-7,9,14H,8,10H2,(H,26,30). The second-order valence-electron chi connectivity index (χ2n) is 7.19. The minimum Gasteiger partial charge on any atom is -0.326 e. The Morgan fingerprint density at radius 3 is 2.72 bits per heavy atom. The molecule has 0 bridgehead atoms. The quantitative estimate of drug-likeness (QED) is 0.449. The van der Waals surface area contributed by atoms with Gasteiger partial charge in [-0.25, -0.2) is 18.4 Å². The van der Waals surface area contributed by atoms with Gasteiger partial charge in [0.25, 0.3) is 5.56 Å². The van der Waals surface area contributed by atoms with Crippen LogP contribution in [-0.2, 0) is 4.79 Å². The maximum Gasteiger partial charge on any atom is 0.265 e. The summed E-state index contributed by atoms with van der Waals surface area (Å²) < 4.78 is 29.5. The molecule has 1 aliphatic rings. The van der Waals surface area contributed by atoms with Crippen molar-refractivity contribution in [3.63, 3.8) is 0 Å². The number of aromatic nitrogens is 4. The van der Waals surface area contributed by atoms with Crippen LogP contribution in [0.5, 0.6) is 0 Å². The second kappa shape index (κ2) is 8.03. The van der Waals surface area contributed by atoms with Crippen molar-refractivity contribution in [1.82, 2.24) is 19.3 Å². The molecule has 0 radical (unpaired) electrons. The lowest BCUT2D eigenvalue weighted by atomic mass is 10.2. The number of nitrogens with zero attached hydrogens (tertiary/aromatic N) is 4. The van der Waals surface area contributed by atoms with E-state index in [0.29, 0.717) is 32.7 Å². The predicted octanol–water partition coefficient (Wildman–Crippen LogP) is 4.19. The molecule has 3 heterocycles. The lowest BCUT2D eigenvalue weighted by molar-refractivity contribution is -0.116. The molecule has 0 spiro atoms. The third-order valence-electron chi connectivity index (χ3n) is 5.07. The number of rotatable bonds is 4. The molecule has 1 atom stereocenters. The Morgan fingerprint density at radius 1 is 1.19 bits per heavy atom. The van der Waals surface area contributed by atoms with E-state index in [-0.39, 0.29) is 17.7 Å². The summed E-state index contributed by atoms with van der Waals surface area (Å²) in [7, 11) is 0. The van der Waals surface area contributed by atoms with Crippen LogP contribution in [0.1, 0.15) is 12.5 Å². The molecule has 1 N–H and O–H groups in total. The molecule has 1 amide bonds. The van der Waals surface area contributed by atoms with Crippen LogP contribution in [0.25, 0.3) is 16.7 Å². The highest BCUT2D eigenvalue weighted by Crippen LogP contribution is 2.33. The highest BCUT2D eigenvalue weighted by atomic mass is 35.5. The topological polar surface area (TPSA) is 81.8 Å². The average molecular weight is 474 g/mol. The first-order chi connectivity index (χ1) is 15.4. The zero-order valence-electron chi connectivity index (χ0n) is 16.3. The fraction of sp³-hybridized carbons (Fsp3) is 0.143. The summed E-state index contributed by atoms with van der Waals surface area (Å²) in [6.45, 7) is 0. The molecule has 1 aliphatic heterocycles. The van der Waals surface area contributed by atoms with Gasteiger partial charge in [-0.05, 0) is 36.4 Å². The average Bonchev–Trinajstić information content (AvgIpc) is 3.36. The minimum absolute atomic E-state index is 0.0165. The van der Waals surface area contributed by atoms with Gasteiger partial charge in [-0.1, -0.05) is 23.4 Å². The molecule has 1 unspecified atom stereocenters. The van der Waals surface area contributed by atoms with Gasteiger partial charge in [0.1, 0.15) is 5.39 Å². The first kappa shape index (κ1) is 20.7. The van der Waals surface area contributed by atoms with Crippen LogP contribution >= 0.6 is 23.4 Å². The number of hydrogen-bond acceptors (Lipinski definition) is 5. The monoisotopic (exact) mass is 473 g/mol. The van der Waals surface area contributed by atoms with Crippen LogP contribution in [0.2, 0.25) is 5.02 Å². The number of benzene rings is 2. The predicted molar refractivity (Wildman–Crippen MR) is 118 cm³/mol. The van der Waals surface area contributed by atoms with Gasteiger partial charge in [0, 0.05) is 29.0 Å². The Labute approximate surface area is 189 Å². The Bertz CT molecular complexity index is 1420. The van der Waals surface area contributed by atoms with Gasteiger partial charge >= 0.3 is 0 Å². The van der Waals surface area contributed by atoms with Crippen molar-refractivity contribution >= 4 is 46.0 Å². The Kier molecular flexibility index (Phi) is 5.18. The molecule has 0 fully saturated rings. The SMILES string of the molecule is O=C(CC1CSc2nc3c(cnn3-c3ccc(Cl)cc3)c(=O)n21)Nc1ccc(F)c(F)c1. The zero-order valence-corrected chi connectivity index (χ0v) is 17.8. The second-order valence-corrected chi connectivity index (χ2v) is 8.61. The van der Waals surface area contributed by atoms with E-state index in [4.69, 9.17) is 11.6 Å². The highest BCUT2D eigenvalue weighted by molar-refractivity contribution is 7.99. The Balaban J connectivity index is 1.43. The first-order valence-corrected chi connectivity index (χ1v) is 10.9. The fourth-order valence-corrected chi connectivity index (χ4v) is 4.81. The van der Waals surface area contributed by atoms with Crippen LogP contribution in [0.4, 0.5) is 14.5 Å². The molecule has 162 valence electrons. The summed E-state index contributed by atoms with van der Waals surface area (Å²) in [4.78, 5) is 30.2. The summed E-state index contributed by atoms with van der Waals surface area (Å²) in [6.07, 6.45) is 1.44. The van der Waals surface area contributed by atoms with E-state index in [2.05, 4.69) is 15.4 Å². The molecule has 11 heteroatoms. The zero-order chi connectivity index (χ0) is 22.4. The van der Waals surface area contributed by atoms with Crippen molar-refractivity contribution in [2.45, 2.75) is 17.6 Å². The molecule has 0 saturated carbocycles. The summed E-state index contributed by atoms with van der Waals surface area (Å²) >= 11 is 7.31. The van der Waals surface area contributed by atoms with Gasteiger partial charge in [-0.2, -0.15) is 5.10 Å². The van der Waals surface area contributed by atoms with Crippen LogP contribution < -0.4 is 10.9 Å². The molecule has 7 nitrogen and oxygen atoms in total. The van der Waals surface area contributed by atoms with E-state index >= 15 is 0 Å².